The molecule has 2 saturated heterocycles. The summed E-state index contributed by atoms with van der Waals surface area (Å²) in [5.74, 6) is -0.287. The molecular weight excluding hydrogens is 295 g/mol. The summed E-state index contributed by atoms with van der Waals surface area (Å²) >= 11 is 0. The van der Waals surface area contributed by atoms with E-state index in [1.807, 2.05) is 4.90 Å². The second-order valence-electron chi connectivity index (χ2n) is 6.61. The largest absolute Gasteiger partial charge is 0.337 e. The first-order valence-electron chi connectivity index (χ1n) is 7.97. The number of carbonyl (C=O) groups excluding carboxylic acids is 1. The molecule has 2 aliphatic heterocycles. The normalized spacial score (nSPS) is 19.6. The number of hydrogen-bond donors (Lipinski definition) is 2. The van der Waals surface area contributed by atoms with Crippen LogP contribution in [0.5, 0.6) is 0 Å². The quantitative estimate of drug-likeness (QED) is 0.892. The number of nitrogens with zero attached hydrogens (tertiary/aromatic N) is 2. The number of rotatable bonds is 2. The number of amides is 1. The molecule has 23 heavy (non-hydrogen) atoms. The molecule has 1 aromatic heterocycles. The SMILES string of the molecule is O=C(c1cc(-c2ccc(F)cc2)n[nH]1)N1CCCC2(CNC2)C1. The summed E-state index contributed by atoms with van der Waals surface area (Å²) < 4.78 is 13.0. The van der Waals surface area contributed by atoms with Gasteiger partial charge in [0.1, 0.15) is 11.5 Å². The van der Waals surface area contributed by atoms with Crippen molar-refractivity contribution in [2.45, 2.75) is 12.8 Å². The van der Waals surface area contributed by atoms with Crippen molar-refractivity contribution in [2.24, 2.45) is 5.41 Å². The minimum Gasteiger partial charge on any atom is -0.337 e. The number of hydrogen-bond acceptors (Lipinski definition) is 3. The smallest absolute Gasteiger partial charge is 0.271 e. The molecule has 0 radical (unpaired) electrons. The standard InChI is InChI=1S/C17H19FN4O/c18-13-4-2-12(3-5-13)14-8-15(21-20-14)16(23)22-7-1-6-17(11-22)9-19-10-17/h2-5,8,19H,1,6-7,9-11H2,(H,20,21). The van der Waals surface area contributed by atoms with E-state index in [2.05, 4.69) is 15.5 Å². The molecule has 0 aliphatic carbocycles. The summed E-state index contributed by atoms with van der Waals surface area (Å²) in [6.45, 7) is 3.61. The lowest BCUT2D eigenvalue weighted by Crippen LogP contribution is -2.61. The van der Waals surface area contributed by atoms with E-state index in [4.69, 9.17) is 0 Å². The van der Waals surface area contributed by atoms with Crippen molar-refractivity contribution in [3.63, 3.8) is 0 Å². The number of halogens is 1. The fourth-order valence-electron chi connectivity index (χ4n) is 3.52. The maximum Gasteiger partial charge on any atom is 0.271 e. The summed E-state index contributed by atoms with van der Waals surface area (Å²) in [5.41, 5.74) is 2.22. The highest BCUT2D eigenvalue weighted by Gasteiger charge is 2.42. The lowest BCUT2D eigenvalue weighted by molar-refractivity contribution is 0.0317. The molecule has 0 bridgehead atoms. The van der Waals surface area contributed by atoms with Crippen LogP contribution in [0.3, 0.4) is 0 Å². The highest BCUT2D eigenvalue weighted by Crippen LogP contribution is 2.34. The summed E-state index contributed by atoms with van der Waals surface area (Å²) in [6.07, 6.45) is 2.24. The molecule has 2 fully saturated rings. The zero-order valence-electron chi connectivity index (χ0n) is 12.8. The topological polar surface area (TPSA) is 61.0 Å². The van der Waals surface area contributed by atoms with Crippen LogP contribution < -0.4 is 5.32 Å². The molecule has 0 atom stereocenters. The predicted molar refractivity (Wildman–Crippen MR) is 84.4 cm³/mol. The van der Waals surface area contributed by atoms with Crippen molar-refractivity contribution < 1.29 is 9.18 Å². The predicted octanol–water partition coefficient (Wildman–Crippen LogP) is 2.04. The lowest BCUT2D eigenvalue weighted by Gasteiger charge is -2.49. The first-order chi connectivity index (χ1) is 11.2. The summed E-state index contributed by atoms with van der Waals surface area (Å²) in [4.78, 5) is 14.6. The third-order valence-electron chi connectivity index (χ3n) is 4.90. The van der Waals surface area contributed by atoms with Crippen molar-refractivity contribution in [2.75, 3.05) is 26.2 Å². The number of nitrogens with one attached hydrogen (secondary N) is 2. The molecule has 2 N–H and O–H groups in total. The van der Waals surface area contributed by atoms with E-state index in [0.29, 0.717) is 11.4 Å². The first kappa shape index (κ1) is 14.4. The monoisotopic (exact) mass is 314 g/mol. The van der Waals surface area contributed by atoms with Crippen molar-refractivity contribution in [3.8, 4) is 11.3 Å². The van der Waals surface area contributed by atoms with Crippen LogP contribution in [-0.2, 0) is 0 Å². The zero-order chi connectivity index (χ0) is 15.9. The van der Waals surface area contributed by atoms with Gasteiger partial charge in [-0.2, -0.15) is 5.10 Å². The number of carbonyl (C=O) groups is 1. The van der Waals surface area contributed by atoms with Gasteiger partial charge in [0.25, 0.3) is 5.91 Å². The van der Waals surface area contributed by atoms with Gasteiger partial charge in [0, 0.05) is 37.2 Å². The van der Waals surface area contributed by atoms with E-state index in [-0.39, 0.29) is 17.1 Å². The van der Waals surface area contributed by atoms with Crippen LogP contribution >= 0.6 is 0 Å². The van der Waals surface area contributed by atoms with Crippen LogP contribution in [-0.4, -0.2) is 47.2 Å². The molecule has 1 amide bonds. The van der Waals surface area contributed by atoms with Crippen LogP contribution in [0.1, 0.15) is 23.3 Å². The fraction of sp³-hybridized carbons (Fsp3) is 0.412. The van der Waals surface area contributed by atoms with E-state index in [1.165, 1.54) is 18.6 Å². The van der Waals surface area contributed by atoms with Gasteiger partial charge in [-0.25, -0.2) is 4.39 Å². The number of H-pyrrole nitrogens is 1. The van der Waals surface area contributed by atoms with E-state index in [1.54, 1.807) is 18.2 Å². The Bertz CT molecular complexity index is 720. The van der Waals surface area contributed by atoms with Crippen LogP contribution in [0.2, 0.25) is 0 Å². The Kier molecular flexibility index (Phi) is 3.41. The van der Waals surface area contributed by atoms with Crippen LogP contribution in [0.15, 0.2) is 30.3 Å². The Hall–Kier alpha value is -2.21. The fourth-order valence-corrected chi connectivity index (χ4v) is 3.52. The Labute approximate surface area is 133 Å². The van der Waals surface area contributed by atoms with Crippen molar-refractivity contribution in [1.82, 2.24) is 20.4 Å². The van der Waals surface area contributed by atoms with Gasteiger partial charge in [-0.15, -0.1) is 0 Å². The average Bonchev–Trinajstić information content (AvgIpc) is 3.03. The van der Waals surface area contributed by atoms with Gasteiger partial charge in [0.2, 0.25) is 0 Å². The number of aromatic amines is 1. The van der Waals surface area contributed by atoms with E-state index >= 15 is 0 Å². The highest BCUT2D eigenvalue weighted by atomic mass is 19.1. The number of benzene rings is 1. The van der Waals surface area contributed by atoms with Gasteiger partial charge >= 0.3 is 0 Å². The van der Waals surface area contributed by atoms with Gasteiger partial charge in [0.15, 0.2) is 0 Å². The molecule has 1 aromatic carbocycles. The number of aromatic nitrogens is 2. The Balaban J connectivity index is 1.51. The maximum absolute atomic E-state index is 13.0. The van der Waals surface area contributed by atoms with Gasteiger partial charge in [-0.05, 0) is 43.2 Å². The number of piperidine rings is 1. The second-order valence-corrected chi connectivity index (χ2v) is 6.61. The summed E-state index contributed by atoms with van der Waals surface area (Å²) in [5, 5.41) is 10.3. The Morgan fingerprint density at radius 1 is 1.26 bits per heavy atom. The van der Waals surface area contributed by atoms with E-state index in [0.717, 1.165) is 38.2 Å². The van der Waals surface area contributed by atoms with Crippen LogP contribution in [0.25, 0.3) is 11.3 Å². The van der Waals surface area contributed by atoms with Crippen molar-refractivity contribution >= 4 is 5.91 Å². The summed E-state index contributed by atoms with van der Waals surface area (Å²) in [7, 11) is 0. The average molecular weight is 314 g/mol. The highest BCUT2D eigenvalue weighted by molar-refractivity contribution is 5.93. The van der Waals surface area contributed by atoms with E-state index < -0.39 is 0 Å². The van der Waals surface area contributed by atoms with Crippen molar-refractivity contribution in [1.29, 1.82) is 0 Å². The molecule has 120 valence electrons. The van der Waals surface area contributed by atoms with Gasteiger partial charge in [-0.3, -0.25) is 9.89 Å². The molecule has 5 nitrogen and oxygen atoms in total. The van der Waals surface area contributed by atoms with Crippen molar-refractivity contribution in [3.05, 3.63) is 41.8 Å². The molecule has 1 spiro atoms. The third kappa shape index (κ3) is 2.63. The molecule has 0 unspecified atom stereocenters. The first-order valence-corrected chi connectivity index (χ1v) is 7.97. The van der Waals surface area contributed by atoms with Crippen LogP contribution in [0, 0.1) is 11.2 Å². The molecule has 2 aliphatic rings. The van der Waals surface area contributed by atoms with Gasteiger partial charge < -0.3 is 10.2 Å². The molecule has 4 rings (SSSR count). The molecule has 3 heterocycles. The molecule has 2 aromatic rings. The lowest BCUT2D eigenvalue weighted by atomic mass is 9.75. The molecule has 0 saturated carbocycles. The number of likely N-dealkylation sites (tertiary alicyclic amines) is 1. The molecule has 6 heteroatoms. The minimum absolute atomic E-state index is 0.00293. The summed E-state index contributed by atoms with van der Waals surface area (Å²) in [6, 6.07) is 7.86. The second kappa shape index (κ2) is 5.45. The van der Waals surface area contributed by atoms with Gasteiger partial charge in [0.05, 0.1) is 5.69 Å². The third-order valence-corrected chi connectivity index (χ3v) is 4.90. The van der Waals surface area contributed by atoms with Gasteiger partial charge in [-0.1, -0.05) is 0 Å². The maximum atomic E-state index is 13.0. The van der Waals surface area contributed by atoms with E-state index in [9.17, 15) is 9.18 Å². The Morgan fingerprint density at radius 3 is 2.74 bits per heavy atom. The Morgan fingerprint density at radius 2 is 2.04 bits per heavy atom. The zero-order valence-corrected chi connectivity index (χ0v) is 12.8. The minimum atomic E-state index is -0.284. The van der Waals surface area contributed by atoms with Crippen LogP contribution in [0.4, 0.5) is 4.39 Å². The molecular formula is C17H19FN4O.